The number of esters is 1. The minimum atomic E-state index is -0.481. The Bertz CT molecular complexity index is 553. The van der Waals surface area contributed by atoms with Gasteiger partial charge in [-0.1, -0.05) is 0 Å². The zero-order chi connectivity index (χ0) is 16.1. The SMILES string of the molecule is CCOC(=O)C1CCN(C(=O)c2cc(F)ccc2OC)CC1. The molecule has 0 atom stereocenters. The fourth-order valence-corrected chi connectivity index (χ4v) is 2.60. The summed E-state index contributed by atoms with van der Waals surface area (Å²) in [5.41, 5.74) is 0.206. The summed E-state index contributed by atoms with van der Waals surface area (Å²) in [4.78, 5) is 25.8. The Morgan fingerprint density at radius 1 is 1.32 bits per heavy atom. The number of carbonyl (C=O) groups is 2. The lowest BCUT2D eigenvalue weighted by atomic mass is 9.96. The molecule has 2 rings (SSSR count). The minimum Gasteiger partial charge on any atom is -0.496 e. The van der Waals surface area contributed by atoms with Crippen LogP contribution in [0.25, 0.3) is 0 Å². The van der Waals surface area contributed by atoms with Crippen LogP contribution in [0.1, 0.15) is 30.1 Å². The highest BCUT2D eigenvalue weighted by Gasteiger charge is 2.29. The molecule has 1 aromatic rings. The van der Waals surface area contributed by atoms with E-state index < -0.39 is 5.82 Å². The number of nitrogens with zero attached hydrogens (tertiary/aromatic N) is 1. The topological polar surface area (TPSA) is 55.8 Å². The van der Waals surface area contributed by atoms with Gasteiger partial charge >= 0.3 is 5.97 Å². The molecule has 22 heavy (non-hydrogen) atoms. The van der Waals surface area contributed by atoms with E-state index in [2.05, 4.69) is 0 Å². The minimum absolute atomic E-state index is 0.168. The first-order valence-corrected chi connectivity index (χ1v) is 7.36. The smallest absolute Gasteiger partial charge is 0.309 e. The molecule has 1 aliphatic rings. The van der Waals surface area contributed by atoms with Gasteiger partial charge in [-0.15, -0.1) is 0 Å². The molecule has 1 aromatic carbocycles. The number of likely N-dealkylation sites (tertiary alicyclic amines) is 1. The van der Waals surface area contributed by atoms with Crippen LogP contribution in [0.3, 0.4) is 0 Å². The van der Waals surface area contributed by atoms with Crippen molar-refractivity contribution >= 4 is 11.9 Å². The van der Waals surface area contributed by atoms with Gasteiger partial charge in [0, 0.05) is 13.1 Å². The Kier molecular flexibility index (Phi) is 5.35. The van der Waals surface area contributed by atoms with Crippen molar-refractivity contribution in [1.29, 1.82) is 0 Å². The molecule has 0 bridgehead atoms. The molecule has 1 fully saturated rings. The van der Waals surface area contributed by atoms with E-state index in [4.69, 9.17) is 9.47 Å². The predicted octanol–water partition coefficient (Wildman–Crippen LogP) is 2.25. The number of rotatable bonds is 4. The summed E-state index contributed by atoms with van der Waals surface area (Å²) in [6, 6.07) is 3.87. The maximum Gasteiger partial charge on any atom is 0.309 e. The van der Waals surface area contributed by atoms with Crippen molar-refractivity contribution in [3.05, 3.63) is 29.6 Å². The summed E-state index contributed by atoms with van der Waals surface area (Å²) in [6.07, 6.45) is 1.12. The van der Waals surface area contributed by atoms with E-state index in [1.165, 1.54) is 25.3 Å². The summed E-state index contributed by atoms with van der Waals surface area (Å²) in [5.74, 6) is -0.792. The van der Waals surface area contributed by atoms with Crippen molar-refractivity contribution in [2.24, 2.45) is 5.92 Å². The van der Waals surface area contributed by atoms with Gasteiger partial charge in [0.05, 0.1) is 25.2 Å². The van der Waals surface area contributed by atoms with Crippen LogP contribution in [0.5, 0.6) is 5.75 Å². The van der Waals surface area contributed by atoms with Crippen LogP contribution in [0.4, 0.5) is 4.39 Å². The zero-order valence-corrected chi connectivity index (χ0v) is 12.8. The van der Waals surface area contributed by atoms with Gasteiger partial charge in [-0.3, -0.25) is 9.59 Å². The summed E-state index contributed by atoms with van der Waals surface area (Å²) in [5, 5.41) is 0. The first kappa shape index (κ1) is 16.3. The van der Waals surface area contributed by atoms with Gasteiger partial charge in [-0.25, -0.2) is 4.39 Å². The number of halogens is 1. The lowest BCUT2D eigenvalue weighted by Gasteiger charge is -2.31. The van der Waals surface area contributed by atoms with Crippen molar-refractivity contribution in [3.8, 4) is 5.75 Å². The number of benzene rings is 1. The molecule has 0 aromatic heterocycles. The number of carbonyl (C=O) groups excluding carboxylic acids is 2. The summed E-state index contributed by atoms with van der Waals surface area (Å²) >= 11 is 0. The summed E-state index contributed by atoms with van der Waals surface area (Å²) in [6.45, 7) is 3.02. The number of ether oxygens (including phenoxy) is 2. The van der Waals surface area contributed by atoms with Gasteiger partial charge in [0.1, 0.15) is 11.6 Å². The van der Waals surface area contributed by atoms with E-state index in [9.17, 15) is 14.0 Å². The van der Waals surface area contributed by atoms with E-state index in [1.807, 2.05) is 0 Å². The lowest BCUT2D eigenvalue weighted by molar-refractivity contribution is -0.149. The molecule has 0 aliphatic carbocycles. The second-order valence-electron chi connectivity index (χ2n) is 5.16. The van der Waals surface area contributed by atoms with Crippen molar-refractivity contribution in [1.82, 2.24) is 4.90 Å². The second-order valence-corrected chi connectivity index (χ2v) is 5.16. The van der Waals surface area contributed by atoms with Gasteiger partial charge in [0.25, 0.3) is 5.91 Å². The molecule has 120 valence electrons. The molecular weight excluding hydrogens is 289 g/mol. The van der Waals surface area contributed by atoms with Crippen molar-refractivity contribution in [2.75, 3.05) is 26.8 Å². The van der Waals surface area contributed by atoms with Crippen molar-refractivity contribution in [2.45, 2.75) is 19.8 Å². The van der Waals surface area contributed by atoms with Gasteiger partial charge < -0.3 is 14.4 Å². The Hall–Kier alpha value is -2.11. The molecule has 1 heterocycles. The molecule has 1 amide bonds. The number of methoxy groups -OCH3 is 1. The van der Waals surface area contributed by atoms with E-state index in [1.54, 1.807) is 11.8 Å². The standard InChI is InChI=1S/C16H20FNO4/c1-3-22-16(20)11-6-8-18(9-7-11)15(19)13-10-12(17)4-5-14(13)21-2/h4-5,10-11H,3,6-9H2,1-2H3. The second kappa shape index (κ2) is 7.24. The van der Waals surface area contributed by atoms with E-state index in [0.29, 0.717) is 38.3 Å². The fourth-order valence-electron chi connectivity index (χ4n) is 2.60. The molecule has 1 saturated heterocycles. The third-order valence-corrected chi connectivity index (χ3v) is 3.79. The largest absolute Gasteiger partial charge is 0.496 e. The van der Waals surface area contributed by atoms with Crippen LogP contribution >= 0.6 is 0 Å². The normalized spacial score (nSPS) is 15.5. The highest BCUT2D eigenvalue weighted by atomic mass is 19.1. The first-order chi connectivity index (χ1) is 10.6. The Morgan fingerprint density at radius 3 is 2.59 bits per heavy atom. The van der Waals surface area contributed by atoms with Crippen molar-refractivity contribution < 1.29 is 23.5 Å². The molecule has 0 spiro atoms. The highest BCUT2D eigenvalue weighted by molar-refractivity contribution is 5.97. The maximum absolute atomic E-state index is 13.4. The number of amides is 1. The van der Waals surface area contributed by atoms with Crippen LogP contribution in [0.2, 0.25) is 0 Å². The van der Waals surface area contributed by atoms with E-state index >= 15 is 0 Å². The summed E-state index contributed by atoms with van der Waals surface area (Å²) < 4.78 is 23.5. The zero-order valence-electron chi connectivity index (χ0n) is 12.8. The van der Waals surface area contributed by atoms with Gasteiger partial charge in [0.2, 0.25) is 0 Å². The molecule has 6 heteroatoms. The van der Waals surface area contributed by atoms with Gasteiger partial charge in [-0.2, -0.15) is 0 Å². The third-order valence-electron chi connectivity index (χ3n) is 3.79. The summed E-state index contributed by atoms with van der Waals surface area (Å²) in [7, 11) is 1.44. The maximum atomic E-state index is 13.4. The van der Waals surface area contributed by atoms with Crippen LogP contribution in [-0.2, 0) is 9.53 Å². The van der Waals surface area contributed by atoms with Crippen LogP contribution in [0, 0.1) is 11.7 Å². The predicted molar refractivity (Wildman–Crippen MR) is 78.2 cm³/mol. The van der Waals surface area contributed by atoms with Crippen LogP contribution in [-0.4, -0.2) is 43.6 Å². The van der Waals surface area contributed by atoms with Gasteiger partial charge in [0.15, 0.2) is 0 Å². The molecule has 0 unspecified atom stereocenters. The molecule has 0 saturated carbocycles. The fraction of sp³-hybridized carbons (Fsp3) is 0.500. The third kappa shape index (κ3) is 3.55. The van der Waals surface area contributed by atoms with E-state index in [-0.39, 0.29) is 23.4 Å². The monoisotopic (exact) mass is 309 g/mol. The van der Waals surface area contributed by atoms with Crippen LogP contribution < -0.4 is 4.74 Å². The number of hydrogen-bond donors (Lipinski definition) is 0. The molecule has 0 N–H and O–H groups in total. The highest BCUT2D eigenvalue weighted by Crippen LogP contribution is 2.25. The molecule has 5 nitrogen and oxygen atoms in total. The quantitative estimate of drug-likeness (QED) is 0.801. The molecule has 1 aliphatic heterocycles. The van der Waals surface area contributed by atoms with Crippen LogP contribution in [0.15, 0.2) is 18.2 Å². The van der Waals surface area contributed by atoms with E-state index in [0.717, 1.165) is 0 Å². The Labute approximate surface area is 129 Å². The molecular formula is C16H20FNO4. The Morgan fingerprint density at radius 2 is 2.00 bits per heavy atom. The average Bonchev–Trinajstić information content (AvgIpc) is 2.54. The number of piperidine rings is 1. The first-order valence-electron chi connectivity index (χ1n) is 7.36. The Balaban J connectivity index is 2.04. The lowest BCUT2D eigenvalue weighted by Crippen LogP contribution is -2.40. The number of hydrogen-bond acceptors (Lipinski definition) is 4. The van der Waals surface area contributed by atoms with Gasteiger partial charge in [-0.05, 0) is 38.0 Å². The van der Waals surface area contributed by atoms with Crippen molar-refractivity contribution in [3.63, 3.8) is 0 Å². The molecule has 0 radical (unpaired) electrons. The average molecular weight is 309 g/mol.